The van der Waals surface area contributed by atoms with Gasteiger partial charge in [-0.3, -0.25) is 9.79 Å². The molecule has 0 aromatic rings. The molecule has 0 bridgehead atoms. The van der Waals surface area contributed by atoms with Gasteiger partial charge in [0.05, 0.1) is 6.04 Å². The van der Waals surface area contributed by atoms with Crippen LogP contribution in [-0.4, -0.2) is 78.7 Å². The number of ether oxygens (including phenoxy) is 1. The molecule has 30 heavy (non-hydrogen) atoms. The van der Waals surface area contributed by atoms with E-state index in [-0.39, 0.29) is 42.0 Å². The summed E-state index contributed by atoms with van der Waals surface area (Å²) in [5.41, 5.74) is -0.493. The first-order valence-electron chi connectivity index (χ1n) is 11.1. The first kappa shape index (κ1) is 26.8. The Morgan fingerprint density at radius 1 is 1.23 bits per heavy atom. The molecule has 0 spiro atoms. The molecule has 0 aromatic carbocycles. The Morgan fingerprint density at radius 3 is 2.70 bits per heavy atom. The number of halogens is 1. The summed E-state index contributed by atoms with van der Waals surface area (Å²) in [7, 11) is 0. The van der Waals surface area contributed by atoms with E-state index in [9.17, 15) is 9.59 Å². The fourth-order valence-corrected chi connectivity index (χ4v) is 3.69. The molecule has 1 atom stereocenters. The third-order valence-corrected chi connectivity index (χ3v) is 5.06. The molecule has 2 N–H and O–H groups in total. The predicted molar refractivity (Wildman–Crippen MR) is 130 cm³/mol. The van der Waals surface area contributed by atoms with Gasteiger partial charge in [0.2, 0.25) is 5.91 Å². The van der Waals surface area contributed by atoms with Crippen LogP contribution >= 0.6 is 24.0 Å². The van der Waals surface area contributed by atoms with Gasteiger partial charge in [-0.25, -0.2) is 4.79 Å². The van der Waals surface area contributed by atoms with E-state index in [4.69, 9.17) is 9.73 Å². The van der Waals surface area contributed by atoms with Crippen molar-refractivity contribution < 1.29 is 14.3 Å². The van der Waals surface area contributed by atoms with Crippen molar-refractivity contribution in [1.29, 1.82) is 0 Å². The van der Waals surface area contributed by atoms with Gasteiger partial charge in [0, 0.05) is 45.7 Å². The topological polar surface area (TPSA) is 86.3 Å². The van der Waals surface area contributed by atoms with Crippen molar-refractivity contribution >= 4 is 41.9 Å². The number of aliphatic imine (C=N–C) groups is 1. The van der Waals surface area contributed by atoms with Gasteiger partial charge in [0.25, 0.3) is 0 Å². The number of carbonyl (C=O) groups is 2. The maximum atomic E-state index is 12.1. The maximum Gasteiger partial charge on any atom is 0.407 e. The number of amides is 2. The number of hydrogen-bond acceptors (Lipinski definition) is 4. The number of carbonyl (C=O) groups excluding carboxylic acids is 2. The molecular weight excluding hydrogens is 497 g/mol. The first-order valence-corrected chi connectivity index (χ1v) is 11.1. The third-order valence-electron chi connectivity index (χ3n) is 5.06. The van der Waals surface area contributed by atoms with Crippen molar-refractivity contribution in [2.75, 3.05) is 39.3 Å². The summed E-state index contributed by atoms with van der Waals surface area (Å²) in [6.45, 7) is 12.4. The summed E-state index contributed by atoms with van der Waals surface area (Å²) in [5.74, 6) is 1.16. The van der Waals surface area contributed by atoms with Crippen LogP contribution in [0.4, 0.5) is 4.79 Å². The highest BCUT2D eigenvalue weighted by Gasteiger charge is 2.27. The van der Waals surface area contributed by atoms with Gasteiger partial charge in [-0.2, -0.15) is 0 Å². The number of likely N-dealkylation sites (tertiary alicyclic amines) is 2. The van der Waals surface area contributed by atoms with Gasteiger partial charge in [-0.05, 0) is 53.4 Å². The molecule has 0 saturated carbocycles. The van der Waals surface area contributed by atoms with Crippen LogP contribution in [0.25, 0.3) is 0 Å². The zero-order valence-electron chi connectivity index (χ0n) is 19.0. The lowest BCUT2D eigenvalue weighted by Crippen LogP contribution is -2.44. The molecule has 2 rings (SSSR count). The van der Waals surface area contributed by atoms with E-state index in [1.807, 2.05) is 25.7 Å². The summed E-state index contributed by atoms with van der Waals surface area (Å²) in [6, 6.07) is 0.0587. The molecule has 0 aliphatic carbocycles. The van der Waals surface area contributed by atoms with Gasteiger partial charge in [-0.1, -0.05) is 6.42 Å². The maximum absolute atomic E-state index is 12.1. The second-order valence-corrected chi connectivity index (χ2v) is 8.86. The third kappa shape index (κ3) is 9.70. The SMILES string of the molecule is CCNC(=NCCCN1CCCCCC1=O)N1CCC(NC(=O)OC(C)(C)C)C1.I. The Morgan fingerprint density at radius 2 is 2.00 bits per heavy atom. The number of alkyl carbamates (subject to hydrolysis) is 1. The fourth-order valence-electron chi connectivity index (χ4n) is 3.69. The van der Waals surface area contributed by atoms with Crippen LogP contribution in [-0.2, 0) is 9.53 Å². The monoisotopic (exact) mass is 537 g/mol. The lowest BCUT2D eigenvalue weighted by Gasteiger charge is -2.24. The number of guanidine groups is 1. The first-order chi connectivity index (χ1) is 13.8. The van der Waals surface area contributed by atoms with E-state index in [0.29, 0.717) is 13.0 Å². The van der Waals surface area contributed by atoms with E-state index in [0.717, 1.165) is 70.8 Å². The second kappa shape index (κ2) is 13.2. The van der Waals surface area contributed by atoms with Crippen LogP contribution in [0, 0.1) is 0 Å². The number of hydrogen-bond donors (Lipinski definition) is 2. The Balaban J connectivity index is 0.00000450. The lowest BCUT2D eigenvalue weighted by atomic mass is 10.2. The molecule has 0 radical (unpaired) electrons. The average molecular weight is 537 g/mol. The summed E-state index contributed by atoms with van der Waals surface area (Å²) < 4.78 is 5.35. The minimum atomic E-state index is -0.493. The van der Waals surface area contributed by atoms with Crippen LogP contribution in [0.15, 0.2) is 4.99 Å². The highest BCUT2D eigenvalue weighted by Crippen LogP contribution is 2.13. The van der Waals surface area contributed by atoms with Gasteiger partial charge < -0.3 is 25.2 Å². The minimum absolute atomic E-state index is 0. The van der Waals surface area contributed by atoms with Gasteiger partial charge in [0.15, 0.2) is 5.96 Å². The van der Waals surface area contributed by atoms with Gasteiger partial charge in [0.1, 0.15) is 5.60 Å². The van der Waals surface area contributed by atoms with Crippen LogP contribution in [0.1, 0.15) is 66.2 Å². The highest BCUT2D eigenvalue weighted by molar-refractivity contribution is 14.0. The minimum Gasteiger partial charge on any atom is -0.444 e. The van der Waals surface area contributed by atoms with E-state index < -0.39 is 5.60 Å². The van der Waals surface area contributed by atoms with Crippen molar-refractivity contribution in [3.63, 3.8) is 0 Å². The Kier molecular flexibility index (Phi) is 11.8. The normalized spacial score (nSPS) is 20.5. The molecule has 174 valence electrons. The van der Waals surface area contributed by atoms with Gasteiger partial charge >= 0.3 is 6.09 Å². The van der Waals surface area contributed by atoms with Crippen LogP contribution in [0.2, 0.25) is 0 Å². The highest BCUT2D eigenvalue weighted by atomic mass is 127. The zero-order chi connectivity index (χ0) is 21.3. The largest absolute Gasteiger partial charge is 0.444 e. The lowest BCUT2D eigenvalue weighted by molar-refractivity contribution is -0.130. The zero-order valence-corrected chi connectivity index (χ0v) is 21.4. The molecule has 8 nitrogen and oxygen atoms in total. The van der Waals surface area contributed by atoms with Crippen LogP contribution < -0.4 is 10.6 Å². The average Bonchev–Trinajstić information content (AvgIpc) is 2.98. The number of nitrogens with one attached hydrogen (secondary N) is 2. The van der Waals surface area contributed by atoms with E-state index in [2.05, 4.69) is 22.5 Å². The van der Waals surface area contributed by atoms with Crippen molar-refractivity contribution in [1.82, 2.24) is 20.4 Å². The second-order valence-electron chi connectivity index (χ2n) is 8.86. The molecule has 2 aliphatic rings. The fraction of sp³-hybridized carbons (Fsp3) is 0.857. The Bertz CT molecular complexity index is 579. The standard InChI is InChI=1S/C21H39N5O3.HI/c1-5-22-19(23-12-9-14-25-13-8-6-7-10-18(25)27)26-15-11-17(16-26)24-20(28)29-21(2,3)4;/h17H,5-16H2,1-4H3,(H,22,23)(H,24,28);1H. The van der Waals surface area contributed by atoms with Crippen molar-refractivity contribution in [2.24, 2.45) is 4.99 Å². The number of nitrogens with zero attached hydrogens (tertiary/aromatic N) is 3. The molecule has 2 aliphatic heterocycles. The van der Waals surface area contributed by atoms with Crippen LogP contribution in [0.3, 0.4) is 0 Å². The molecule has 1 unspecified atom stereocenters. The Hall–Kier alpha value is -1.26. The quantitative estimate of drug-likeness (QED) is 0.236. The van der Waals surface area contributed by atoms with Gasteiger partial charge in [-0.15, -0.1) is 24.0 Å². The molecule has 2 heterocycles. The molecule has 2 fully saturated rings. The van der Waals surface area contributed by atoms with Crippen molar-refractivity contribution in [3.8, 4) is 0 Å². The number of rotatable bonds is 6. The summed E-state index contributed by atoms with van der Waals surface area (Å²) in [6.07, 6.45) is 5.33. The van der Waals surface area contributed by atoms with E-state index in [1.165, 1.54) is 0 Å². The molecule has 9 heteroatoms. The smallest absolute Gasteiger partial charge is 0.407 e. The van der Waals surface area contributed by atoms with Crippen molar-refractivity contribution in [2.45, 2.75) is 77.9 Å². The molecule has 2 saturated heterocycles. The van der Waals surface area contributed by atoms with Crippen LogP contribution in [0.5, 0.6) is 0 Å². The van der Waals surface area contributed by atoms with E-state index in [1.54, 1.807) is 0 Å². The predicted octanol–water partition coefficient (Wildman–Crippen LogP) is 2.96. The van der Waals surface area contributed by atoms with Crippen molar-refractivity contribution in [3.05, 3.63) is 0 Å². The summed E-state index contributed by atoms with van der Waals surface area (Å²) in [5, 5.41) is 6.30. The summed E-state index contributed by atoms with van der Waals surface area (Å²) >= 11 is 0. The molecule has 2 amide bonds. The molecule has 0 aromatic heterocycles. The Labute approximate surface area is 198 Å². The van der Waals surface area contributed by atoms with E-state index >= 15 is 0 Å². The summed E-state index contributed by atoms with van der Waals surface area (Å²) in [4.78, 5) is 33.0. The molecular formula is C21H40IN5O3.